The number of Topliss-reactive ketones (excluding diaryl/α,β-unsaturated/α-hetero) is 1. The van der Waals surface area contributed by atoms with Crippen LogP contribution in [0.15, 0.2) is 0 Å². The highest BCUT2D eigenvalue weighted by Gasteiger charge is 2.32. The molecule has 2 rings (SSSR count). The minimum absolute atomic E-state index is 0.228. The molecule has 16 heavy (non-hydrogen) atoms. The van der Waals surface area contributed by atoms with Crippen LogP contribution in [0, 0.1) is 0 Å². The summed E-state index contributed by atoms with van der Waals surface area (Å²) >= 11 is 0. The minimum atomic E-state index is 0.228. The maximum atomic E-state index is 12.1. The monoisotopic (exact) mass is 224 g/mol. The Hall–Kier alpha value is -0.410. The number of carbonyl (C=O) groups excluding carboxylic acids is 1. The molecule has 2 aliphatic rings. The number of nitrogens with zero attached hydrogens (tertiary/aromatic N) is 2. The molecule has 0 bridgehead atoms. The van der Waals surface area contributed by atoms with E-state index in [9.17, 15) is 4.79 Å². The molecule has 92 valence electrons. The summed E-state index contributed by atoms with van der Waals surface area (Å²) < 4.78 is 0. The van der Waals surface area contributed by atoms with Crippen molar-refractivity contribution in [1.29, 1.82) is 0 Å². The second kappa shape index (κ2) is 5.28. The van der Waals surface area contributed by atoms with Gasteiger partial charge in [-0.3, -0.25) is 9.69 Å². The van der Waals surface area contributed by atoms with Crippen molar-refractivity contribution in [2.24, 2.45) is 0 Å². The average molecular weight is 224 g/mol. The first-order valence-corrected chi connectivity index (χ1v) is 6.65. The van der Waals surface area contributed by atoms with Crippen LogP contribution in [-0.2, 0) is 4.79 Å². The normalized spacial score (nSPS) is 35.0. The van der Waals surface area contributed by atoms with Gasteiger partial charge in [-0.05, 0) is 26.8 Å². The van der Waals surface area contributed by atoms with Crippen LogP contribution in [0.25, 0.3) is 0 Å². The first-order chi connectivity index (χ1) is 7.68. The van der Waals surface area contributed by atoms with Gasteiger partial charge in [-0.15, -0.1) is 0 Å². The van der Waals surface area contributed by atoms with Crippen molar-refractivity contribution >= 4 is 5.78 Å². The van der Waals surface area contributed by atoms with Crippen LogP contribution in [0.1, 0.15) is 39.0 Å². The van der Waals surface area contributed by atoms with Crippen molar-refractivity contribution in [3.05, 3.63) is 0 Å². The molecule has 0 aromatic rings. The highest BCUT2D eigenvalue weighted by atomic mass is 16.1. The third-order valence-corrected chi connectivity index (χ3v) is 4.05. The van der Waals surface area contributed by atoms with E-state index in [4.69, 9.17) is 0 Å². The van der Waals surface area contributed by atoms with Crippen molar-refractivity contribution in [3.8, 4) is 0 Å². The molecule has 0 radical (unpaired) electrons. The zero-order valence-electron chi connectivity index (χ0n) is 10.6. The maximum absolute atomic E-state index is 12.1. The standard InChI is InChI=1S/C13H24N2O/c1-11-10-14(2)8-9-15(11)12-6-4-3-5-7-13(12)16/h11-12H,3-10H2,1-2H3. The number of likely N-dealkylation sites (N-methyl/N-ethyl adjacent to an activating group) is 1. The fourth-order valence-electron chi connectivity index (χ4n) is 3.11. The second-order valence-electron chi connectivity index (χ2n) is 5.43. The molecule has 0 spiro atoms. The maximum Gasteiger partial charge on any atom is 0.149 e. The van der Waals surface area contributed by atoms with Gasteiger partial charge in [0.05, 0.1) is 6.04 Å². The van der Waals surface area contributed by atoms with Crippen molar-refractivity contribution in [3.63, 3.8) is 0 Å². The lowest BCUT2D eigenvalue weighted by atomic mass is 10.0. The molecule has 3 heteroatoms. The minimum Gasteiger partial charge on any atom is -0.304 e. The summed E-state index contributed by atoms with van der Waals surface area (Å²) in [5.41, 5.74) is 0. The fourth-order valence-corrected chi connectivity index (χ4v) is 3.11. The molecule has 1 aliphatic carbocycles. The van der Waals surface area contributed by atoms with Crippen LogP contribution < -0.4 is 0 Å². The molecule has 0 N–H and O–H groups in total. The fraction of sp³-hybridized carbons (Fsp3) is 0.923. The molecule has 2 unspecified atom stereocenters. The molecule has 0 aromatic carbocycles. The van der Waals surface area contributed by atoms with E-state index in [0.29, 0.717) is 11.8 Å². The Morgan fingerprint density at radius 1 is 1.19 bits per heavy atom. The van der Waals surface area contributed by atoms with Gasteiger partial charge in [-0.1, -0.05) is 12.8 Å². The summed E-state index contributed by atoms with van der Waals surface area (Å²) in [7, 11) is 2.17. The van der Waals surface area contributed by atoms with E-state index < -0.39 is 0 Å². The van der Waals surface area contributed by atoms with Gasteiger partial charge in [0.15, 0.2) is 0 Å². The summed E-state index contributed by atoms with van der Waals surface area (Å²) in [6.07, 6.45) is 5.48. The number of hydrogen-bond donors (Lipinski definition) is 0. The summed E-state index contributed by atoms with van der Waals surface area (Å²) in [6.45, 7) is 5.53. The summed E-state index contributed by atoms with van der Waals surface area (Å²) in [4.78, 5) is 16.9. The van der Waals surface area contributed by atoms with Crippen molar-refractivity contribution in [2.75, 3.05) is 26.7 Å². The highest BCUT2D eigenvalue weighted by molar-refractivity contribution is 5.84. The molecule has 1 heterocycles. The van der Waals surface area contributed by atoms with E-state index >= 15 is 0 Å². The van der Waals surface area contributed by atoms with Crippen molar-refractivity contribution in [2.45, 2.75) is 51.1 Å². The summed E-state index contributed by atoms with van der Waals surface area (Å²) in [6, 6.07) is 0.761. The second-order valence-corrected chi connectivity index (χ2v) is 5.43. The Balaban J connectivity index is 2.01. The Morgan fingerprint density at radius 3 is 2.75 bits per heavy atom. The largest absolute Gasteiger partial charge is 0.304 e. The van der Waals surface area contributed by atoms with Gasteiger partial charge in [-0.25, -0.2) is 0 Å². The van der Waals surface area contributed by atoms with E-state index in [1.165, 1.54) is 12.8 Å². The third kappa shape index (κ3) is 2.64. The molecule has 1 saturated carbocycles. The van der Waals surface area contributed by atoms with Crippen LogP contribution in [0.3, 0.4) is 0 Å². The van der Waals surface area contributed by atoms with Gasteiger partial charge in [0.1, 0.15) is 5.78 Å². The lowest BCUT2D eigenvalue weighted by molar-refractivity contribution is -0.126. The number of piperazine rings is 1. The molecule has 0 aromatic heterocycles. The SMILES string of the molecule is CC1CN(C)CCN1C1CCCCCC1=O. The number of hydrogen-bond acceptors (Lipinski definition) is 3. The Kier molecular flexibility index (Phi) is 3.98. The predicted molar refractivity (Wildman–Crippen MR) is 65.5 cm³/mol. The number of ketones is 1. The van der Waals surface area contributed by atoms with Gasteiger partial charge in [0, 0.05) is 32.1 Å². The lowest BCUT2D eigenvalue weighted by Gasteiger charge is -2.42. The first-order valence-electron chi connectivity index (χ1n) is 6.65. The molecule has 2 atom stereocenters. The van der Waals surface area contributed by atoms with Crippen LogP contribution in [0.5, 0.6) is 0 Å². The van der Waals surface area contributed by atoms with Crippen molar-refractivity contribution < 1.29 is 4.79 Å². The summed E-state index contributed by atoms with van der Waals surface area (Å²) in [5, 5.41) is 0. The molecule has 3 nitrogen and oxygen atoms in total. The van der Waals surface area contributed by atoms with Crippen LogP contribution in [0.4, 0.5) is 0 Å². The van der Waals surface area contributed by atoms with E-state index in [1.54, 1.807) is 0 Å². The van der Waals surface area contributed by atoms with Gasteiger partial charge in [0.25, 0.3) is 0 Å². The highest BCUT2D eigenvalue weighted by Crippen LogP contribution is 2.22. The molecular formula is C13H24N2O. The molecular weight excluding hydrogens is 200 g/mol. The molecule has 2 fully saturated rings. The summed E-state index contributed by atoms with van der Waals surface area (Å²) in [5.74, 6) is 0.494. The van der Waals surface area contributed by atoms with Gasteiger partial charge < -0.3 is 4.90 Å². The smallest absolute Gasteiger partial charge is 0.149 e. The zero-order valence-corrected chi connectivity index (χ0v) is 10.6. The quantitative estimate of drug-likeness (QED) is 0.631. The van der Waals surface area contributed by atoms with Gasteiger partial charge in [0.2, 0.25) is 0 Å². The van der Waals surface area contributed by atoms with Crippen molar-refractivity contribution in [1.82, 2.24) is 9.80 Å². The van der Waals surface area contributed by atoms with Crippen LogP contribution in [-0.4, -0.2) is 54.3 Å². The molecule has 1 saturated heterocycles. The number of carbonyl (C=O) groups is 1. The Morgan fingerprint density at radius 2 is 2.00 bits per heavy atom. The van der Waals surface area contributed by atoms with E-state index in [1.807, 2.05) is 0 Å². The van der Waals surface area contributed by atoms with E-state index in [2.05, 4.69) is 23.8 Å². The third-order valence-electron chi connectivity index (χ3n) is 4.05. The van der Waals surface area contributed by atoms with Gasteiger partial charge in [-0.2, -0.15) is 0 Å². The van der Waals surface area contributed by atoms with E-state index in [-0.39, 0.29) is 6.04 Å². The van der Waals surface area contributed by atoms with Crippen LogP contribution in [0.2, 0.25) is 0 Å². The Labute approximate surface area is 98.8 Å². The topological polar surface area (TPSA) is 23.6 Å². The Bertz CT molecular complexity index is 254. The average Bonchev–Trinajstić information content (AvgIpc) is 2.44. The predicted octanol–water partition coefficient (Wildman–Crippen LogP) is 1.52. The molecule has 1 aliphatic heterocycles. The molecule has 0 amide bonds. The first kappa shape index (κ1) is 12.1. The zero-order chi connectivity index (χ0) is 11.5. The van der Waals surface area contributed by atoms with Gasteiger partial charge >= 0.3 is 0 Å². The number of rotatable bonds is 1. The van der Waals surface area contributed by atoms with Crippen LogP contribution >= 0.6 is 0 Å². The lowest BCUT2D eigenvalue weighted by Crippen LogP contribution is -2.56. The van der Waals surface area contributed by atoms with E-state index in [0.717, 1.165) is 38.9 Å².